The van der Waals surface area contributed by atoms with E-state index in [2.05, 4.69) is 5.32 Å². The lowest BCUT2D eigenvalue weighted by Crippen LogP contribution is -2.37. The summed E-state index contributed by atoms with van der Waals surface area (Å²) in [5.74, 6) is -0.889. The number of anilines is 1. The van der Waals surface area contributed by atoms with E-state index in [1.54, 1.807) is 20.8 Å². The van der Waals surface area contributed by atoms with E-state index in [0.29, 0.717) is 15.6 Å². The third kappa shape index (κ3) is 8.77. The number of benzene rings is 3. The number of amides is 2. The smallest absolute Gasteiger partial charge is 0.428 e. The zero-order valence-electron chi connectivity index (χ0n) is 22.1. The van der Waals surface area contributed by atoms with Crippen molar-refractivity contribution in [3.8, 4) is 17.6 Å². The van der Waals surface area contributed by atoms with Crippen LogP contribution in [0.5, 0.6) is 11.5 Å². The van der Waals surface area contributed by atoms with E-state index in [9.17, 15) is 28.4 Å². The molecule has 214 valence electrons. The lowest BCUT2D eigenvalue weighted by molar-refractivity contribution is -0.118. The predicted molar refractivity (Wildman–Crippen MR) is 155 cm³/mol. The molecule has 0 fully saturated rings. The molecule has 0 spiro atoms. The molecule has 0 aliphatic rings. The van der Waals surface area contributed by atoms with Gasteiger partial charge in [0.2, 0.25) is 0 Å². The second-order valence-electron chi connectivity index (χ2n) is 9.18. The SMILES string of the molecule is Cc1cc(OC(=O)N(CC(C)C)S(=O)O)ccc1NC(=O)COc1ccc(Cl)cc1C(=O)c1cc(Cl)cc(C#N)c1. The molecule has 2 N–H and O–H groups in total. The Labute approximate surface area is 249 Å². The summed E-state index contributed by atoms with van der Waals surface area (Å²) < 4.78 is 32.4. The Hall–Kier alpha value is -3.95. The Kier molecular flexibility index (Phi) is 10.9. The number of hydrogen-bond acceptors (Lipinski definition) is 7. The molecule has 13 heteroatoms. The highest BCUT2D eigenvalue weighted by Gasteiger charge is 2.23. The first-order chi connectivity index (χ1) is 19.4. The summed E-state index contributed by atoms with van der Waals surface area (Å²) in [5, 5.41) is 12.3. The summed E-state index contributed by atoms with van der Waals surface area (Å²) in [7, 11) is 0. The molecule has 0 aromatic heterocycles. The van der Waals surface area contributed by atoms with Gasteiger partial charge in [-0.2, -0.15) is 5.26 Å². The summed E-state index contributed by atoms with van der Waals surface area (Å²) in [5.41, 5.74) is 1.38. The van der Waals surface area contributed by atoms with E-state index < -0.39 is 35.7 Å². The van der Waals surface area contributed by atoms with E-state index in [0.717, 1.165) is 0 Å². The van der Waals surface area contributed by atoms with Gasteiger partial charge in [0.1, 0.15) is 11.5 Å². The zero-order valence-corrected chi connectivity index (χ0v) is 24.5. The molecule has 0 bridgehead atoms. The van der Waals surface area contributed by atoms with Crippen molar-refractivity contribution in [1.29, 1.82) is 5.26 Å². The lowest BCUT2D eigenvalue weighted by atomic mass is 10.0. The highest BCUT2D eigenvalue weighted by atomic mass is 35.5. The predicted octanol–water partition coefficient (Wildman–Crippen LogP) is 6.02. The molecule has 1 atom stereocenters. The highest BCUT2D eigenvalue weighted by Crippen LogP contribution is 2.28. The first-order valence-electron chi connectivity index (χ1n) is 12.1. The quantitative estimate of drug-likeness (QED) is 0.207. The summed E-state index contributed by atoms with van der Waals surface area (Å²) >= 11 is 9.59. The molecule has 0 heterocycles. The van der Waals surface area contributed by atoms with Crippen molar-refractivity contribution in [1.82, 2.24) is 4.31 Å². The maximum absolute atomic E-state index is 13.2. The molecular formula is C28H25Cl2N3O7S. The largest absolute Gasteiger partial charge is 0.483 e. The highest BCUT2D eigenvalue weighted by molar-refractivity contribution is 7.77. The van der Waals surface area contributed by atoms with E-state index in [4.69, 9.17) is 32.7 Å². The number of carbonyl (C=O) groups is 3. The number of ketones is 1. The Morgan fingerprint density at radius 1 is 1.07 bits per heavy atom. The standard InChI is InChI=1S/C28H25Cl2N3O7S/c1-16(2)14-33(41(37)38)28(36)40-22-5-6-24(17(3)8-22)32-26(34)15-39-25-7-4-20(29)12-23(25)27(35)19-9-18(13-31)10-21(30)11-19/h4-12,16H,14-15H2,1-3H3,(H,32,34)(H,37,38). The molecule has 10 nitrogen and oxygen atoms in total. The molecule has 0 saturated carbocycles. The van der Waals surface area contributed by atoms with Crippen molar-refractivity contribution >= 4 is 57.9 Å². The van der Waals surface area contributed by atoms with Crippen LogP contribution in [0.25, 0.3) is 0 Å². The van der Waals surface area contributed by atoms with Crippen molar-refractivity contribution in [3.05, 3.63) is 86.9 Å². The number of carbonyl (C=O) groups excluding carboxylic acids is 3. The number of halogens is 2. The van der Waals surface area contributed by atoms with Crippen molar-refractivity contribution in [2.45, 2.75) is 20.8 Å². The van der Waals surface area contributed by atoms with Gasteiger partial charge in [0.25, 0.3) is 17.2 Å². The van der Waals surface area contributed by atoms with Crippen LogP contribution >= 0.6 is 23.2 Å². The molecular weight excluding hydrogens is 593 g/mol. The van der Waals surface area contributed by atoms with E-state index in [1.165, 1.54) is 54.6 Å². The van der Waals surface area contributed by atoms with Gasteiger partial charge in [-0.15, -0.1) is 0 Å². The summed E-state index contributed by atoms with van der Waals surface area (Å²) in [6, 6.07) is 14.9. The van der Waals surface area contributed by atoms with E-state index in [1.807, 2.05) is 6.07 Å². The molecule has 2 amide bonds. The molecule has 3 aromatic rings. The lowest BCUT2D eigenvalue weighted by Gasteiger charge is -2.19. The van der Waals surface area contributed by atoms with Crippen LogP contribution in [-0.2, 0) is 16.1 Å². The first-order valence-corrected chi connectivity index (χ1v) is 13.9. The first kappa shape index (κ1) is 31.6. The molecule has 0 radical (unpaired) electrons. The minimum Gasteiger partial charge on any atom is -0.483 e. The van der Waals surface area contributed by atoms with Gasteiger partial charge >= 0.3 is 6.09 Å². The number of hydrogen-bond donors (Lipinski definition) is 2. The van der Waals surface area contributed by atoms with Crippen molar-refractivity contribution in [2.24, 2.45) is 5.92 Å². The maximum Gasteiger partial charge on any atom is 0.428 e. The Morgan fingerprint density at radius 3 is 2.44 bits per heavy atom. The van der Waals surface area contributed by atoms with E-state index in [-0.39, 0.29) is 50.7 Å². The van der Waals surface area contributed by atoms with Gasteiger partial charge in [0, 0.05) is 27.8 Å². The number of nitrogens with zero attached hydrogens (tertiary/aromatic N) is 2. The fourth-order valence-corrected chi connectivity index (χ4v) is 4.60. The Morgan fingerprint density at radius 2 is 1.80 bits per heavy atom. The third-order valence-electron chi connectivity index (χ3n) is 5.43. The molecule has 0 aliphatic heterocycles. The summed E-state index contributed by atoms with van der Waals surface area (Å²) in [6.45, 7) is 4.81. The van der Waals surface area contributed by atoms with Crippen LogP contribution in [0.4, 0.5) is 10.5 Å². The molecule has 3 aromatic carbocycles. The Bertz CT molecular complexity index is 1560. The van der Waals surface area contributed by atoms with E-state index >= 15 is 0 Å². The minimum atomic E-state index is -2.54. The van der Waals surface area contributed by atoms with Crippen LogP contribution in [-0.4, -0.2) is 44.0 Å². The minimum absolute atomic E-state index is 0.0238. The average molecular weight is 618 g/mol. The average Bonchev–Trinajstić information content (AvgIpc) is 2.91. The topological polar surface area (TPSA) is 146 Å². The summed E-state index contributed by atoms with van der Waals surface area (Å²) in [6.07, 6.45) is -0.987. The van der Waals surface area contributed by atoms with Crippen LogP contribution in [0.1, 0.15) is 40.9 Å². The number of ether oxygens (including phenoxy) is 2. The van der Waals surface area contributed by atoms with Crippen LogP contribution in [0.3, 0.4) is 0 Å². The van der Waals surface area contributed by atoms with Gasteiger partial charge in [0.15, 0.2) is 12.4 Å². The van der Waals surface area contributed by atoms with Crippen LogP contribution in [0.15, 0.2) is 54.6 Å². The second-order valence-corrected chi connectivity index (χ2v) is 11.0. The van der Waals surface area contributed by atoms with Crippen molar-refractivity contribution < 1.29 is 32.6 Å². The number of nitrogens with one attached hydrogen (secondary N) is 1. The fraction of sp³-hybridized carbons (Fsp3) is 0.214. The van der Waals surface area contributed by atoms with Crippen LogP contribution in [0, 0.1) is 24.2 Å². The second kappa shape index (κ2) is 14.1. The van der Waals surface area contributed by atoms with Gasteiger partial charge < -0.3 is 14.8 Å². The van der Waals surface area contributed by atoms with Crippen LogP contribution < -0.4 is 14.8 Å². The molecule has 1 unspecified atom stereocenters. The van der Waals surface area contributed by atoms with Crippen LogP contribution in [0.2, 0.25) is 10.0 Å². The van der Waals surface area contributed by atoms with Gasteiger partial charge in [-0.25, -0.2) is 13.3 Å². The van der Waals surface area contributed by atoms with Gasteiger partial charge in [-0.1, -0.05) is 37.0 Å². The molecule has 0 aliphatic carbocycles. The number of nitriles is 1. The maximum atomic E-state index is 13.2. The number of rotatable bonds is 10. The van der Waals surface area contributed by atoms with Gasteiger partial charge in [0.05, 0.1) is 17.2 Å². The zero-order chi connectivity index (χ0) is 30.3. The van der Waals surface area contributed by atoms with Gasteiger partial charge in [-0.05, 0) is 73.0 Å². The normalized spacial score (nSPS) is 11.4. The third-order valence-corrected chi connectivity index (χ3v) is 6.56. The number of aryl methyl sites for hydroxylation is 1. The summed E-state index contributed by atoms with van der Waals surface area (Å²) in [4.78, 5) is 38.2. The molecule has 41 heavy (non-hydrogen) atoms. The fourth-order valence-electron chi connectivity index (χ4n) is 3.60. The van der Waals surface area contributed by atoms with Crippen molar-refractivity contribution in [3.63, 3.8) is 0 Å². The Balaban J connectivity index is 1.69. The van der Waals surface area contributed by atoms with Crippen molar-refractivity contribution in [2.75, 3.05) is 18.5 Å². The molecule has 3 rings (SSSR count). The monoisotopic (exact) mass is 617 g/mol. The molecule has 0 saturated heterocycles. The van der Waals surface area contributed by atoms with Gasteiger partial charge in [-0.3, -0.25) is 14.1 Å².